The summed E-state index contributed by atoms with van der Waals surface area (Å²) in [7, 11) is -7.20. The van der Waals surface area contributed by atoms with Crippen LogP contribution >= 0.6 is 0 Å². The Morgan fingerprint density at radius 3 is 1.12 bits per heavy atom. The second-order valence-corrected chi connectivity index (χ2v) is 18.3. The molecule has 0 spiro atoms. The molecule has 0 atom stereocenters. The normalized spacial score (nSPS) is 15.6. The SMILES string of the molecule is CC(C)(OC(=O)/C=C/C(=O)OC(C)(C)/C(=C(/OCC1CC1)C(=O)[O-])c1ccc(S(C)(=O)=O)cc1)/C(=C(/OCC1CC1)C(=O)[O-])c1ccc(S(C)(=O)=O)cc1.[Na+].[Na+]. The van der Waals surface area contributed by atoms with E-state index in [0.717, 1.165) is 50.3 Å². The molecule has 0 saturated heterocycles. The van der Waals surface area contributed by atoms with E-state index >= 15 is 0 Å². The Kier molecular flexibility index (Phi) is 17.3. The molecular formula is C38H42Na2O14S2. The van der Waals surface area contributed by atoms with Crippen molar-refractivity contribution in [1.82, 2.24) is 0 Å². The second kappa shape index (κ2) is 19.7. The van der Waals surface area contributed by atoms with Crippen LogP contribution in [0.5, 0.6) is 0 Å². The van der Waals surface area contributed by atoms with Gasteiger partial charge in [-0.1, -0.05) is 24.3 Å². The molecule has 0 aromatic heterocycles. The number of carboxylic acid groups (broad SMARTS) is 2. The number of esters is 2. The predicted octanol–water partition coefficient (Wildman–Crippen LogP) is -3.82. The van der Waals surface area contributed by atoms with Gasteiger partial charge in [-0.05, 0) is 101 Å². The molecule has 0 heterocycles. The fourth-order valence-electron chi connectivity index (χ4n) is 5.49. The van der Waals surface area contributed by atoms with E-state index in [1.54, 1.807) is 0 Å². The van der Waals surface area contributed by atoms with Gasteiger partial charge in [-0.15, -0.1) is 0 Å². The van der Waals surface area contributed by atoms with Crippen molar-refractivity contribution in [3.63, 3.8) is 0 Å². The molecule has 0 unspecified atom stereocenters. The number of carboxylic acids is 2. The van der Waals surface area contributed by atoms with Crippen LogP contribution in [-0.4, -0.2) is 77.6 Å². The summed E-state index contributed by atoms with van der Waals surface area (Å²) in [6, 6.07) is 10.4. The number of carbonyl (C=O) groups excluding carboxylic acids is 4. The molecule has 0 amide bonds. The number of aliphatic carboxylic acids is 2. The van der Waals surface area contributed by atoms with Crippen LogP contribution in [0.1, 0.15) is 64.5 Å². The van der Waals surface area contributed by atoms with Crippen LogP contribution in [0.15, 0.2) is 82.0 Å². The van der Waals surface area contributed by atoms with E-state index in [0.29, 0.717) is 0 Å². The Bertz CT molecular complexity index is 1960. The smallest absolute Gasteiger partial charge is 0.542 e. The van der Waals surface area contributed by atoms with Crippen LogP contribution in [0.2, 0.25) is 0 Å². The van der Waals surface area contributed by atoms with Gasteiger partial charge in [-0.3, -0.25) is 0 Å². The van der Waals surface area contributed by atoms with Crippen LogP contribution < -0.4 is 69.3 Å². The average molecular weight is 833 g/mol. The molecule has 2 aliphatic carbocycles. The molecular weight excluding hydrogens is 791 g/mol. The Labute approximate surface area is 371 Å². The maximum absolute atomic E-state index is 13.2. The van der Waals surface area contributed by atoms with Crippen molar-refractivity contribution in [3.8, 4) is 0 Å². The van der Waals surface area contributed by atoms with Crippen molar-refractivity contribution in [2.75, 3.05) is 25.7 Å². The minimum Gasteiger partial charge on any atom is -0.542 e. The molecule has 2 aromatic rings. The molecule has 2 aromatic carbocycles. The van der Waals surface area contributed by atoms with Crippen molar-refractivity contribution in [3.05, 3.63) is 83.3 Å². The number of hydrogen-bond acceptors (Lipinski definition) is 14. The van der Waals surface area contributed by atoms with Gasteiger partial charge < -0.3 is 38.7 Å². The van der Waals surface area contributed by atoms with Gasteiger partial charge in [0.25, 0.3) is 0 Å². The van der Waals surface area contributed by atoms with Crippen molar-refractivity contribution in [2.24, 2.45) is 11.8 Å². The molecule has 56 heavy (non-hydrogen) atoms. The monoisotopic (exact) mass is 832 g/mol. The van der Waals surface area contributed by atoms with Gasteiger partial charge in [-0.25, -0.2) is 26.4 Å². The van der Waals surface area contributed by atoms with Gasteiger partial charge in [0.2, 0.25) is 0 Å². The fraction of sp³-hybridized carbons (Fsp3) is 0.421. The quantitative estimate of drug-likeness (QED) is 0.0609. The molecule has 292 valence electrons. The zero-order valence-corrected chi connectivity index (χ0v) is 38.3. The first-order chi connectivity index (χ1) is 25.0. The summed E-state index contributed by atoms with van der Waals surface area (Å²) in [5, 5.41) is 24.7. The van der Waals surface area contributed by atoms with Crippen LogP contribution in [0.3, 0.4) is 0 Å². The third-order valence-electron chi connectivity index (χ3n) is 8.56. The minimum absolute atomic E-state index is 0. The van der Waals surface area contributed by atoms with E-state index in [1.165, 1.54) is 76.2 Å². The number of benzene rings is 2. The largest absolute Gasteiger partial charge is 1.00 e. The Morgan fingerprint density at radius 1 is 0.607 bits per heavy atom. The molecule has 18 heteroatoms. The number of ether oxygens (including phenoxy) is 4. The average Bonchev–Trinajstić information content (AvgIpc) is 3.99. The molecule has 14 nitrogen and oxygen atoms in total. The van der Waals surface area contributed by atoms with Crippen LogP contribution in [-0.2, 0) is 57.8 Å². The standard InChI is InChI=1S/C38H44O14S2.2Na/c1-37(2,31(33(35(41)42)49-21-23-7-8-23)25-11-15-27(16-12-25)53(5,45)46)51-29(39)19-20-30(40)52-38(3,4)32(34(36(43)44)50-22-24-9-10-24)26-13-17-28(18-14-26)54(6,47)48;;/h11-20,23-24H,7-10,21-22H2,1-6H3,(H,41,42)(H,43,44);;/q;2*+1/p-2/b20-19+,33-31+,34-32+;;. The Hall–Kier alpha value is -2.96. The zero-order chi connectivity index (χ0) is 40.2. The summed E-state index contributed by atoms with van der Waals surface area (Å²) >= 11 is 0. The zero-order valence-electron chi connectivity index (χ0n) is 32.7. The van der Waals surface area contributed by atoms with Gasteiger partial charge >= 0.3 is 71.1 Å². The van der Waals surface area contributed by atoms with E-state index in [1.807, 2.05) is 0 Å². The first kappa shape index (κ1) is 49.2. The van der Waals surface area contributed by atoms with E-state index in [4.69, 9.17) is 18.9 Å². The van der Waals surface area contributed by atoms with E-state index in [2.05, 4.69) is 0 Å². The van der Waals surface area contributed by atoms with E-state index in [9.17, 15) is 46.2 Å². The third-order valence-corrected chi connectivity index (χ3v) is 10.8. The first-order valence-corrected chi connectivity index (χ1v) is 20.7. The summed E-state index contributed by atoms with van der Waals surface area (Å²) in [6.45, 7) is 5.61. The predicted molar refractivity (Wildman–Crippen MR) is 190 cm³/mol. The topological polar surface area (TPSA) is 220 Å². The summed E-state index contributed by atoms with van der Waals surface area (Å²) in [4.78, 5) is 50.9. The van der Waals surface area contributed by atoms with Crippen molar-refractivity contribution < 1.29 is 124 Å². The molecule has 0 radical (unpaired) electrons. The van der Waals surface area contributed by atoms with E-state index in [-0.39, 0.29) is 116 Å². The molecule has 0 bridgehead atoms. The summed E-state index contributed by atoms with van der Waals surface area (Å²) in [5.41, 5.74) is -3.45. The van der Waals surface area contributed by atoms with Gasteiger partial charge in [0, 0.05) is 35.8 Å². The molecule has 2 saturated carbocycles. The van der Waals surface area contributed by atoms with Crippen molar-refractivity contribution in [2.45, 2.75) is 74.4 Å². The first-order valence-electron chi connectivity index (χ1n) is 16.9. The van der Waals surface area contributed by atoms with Crippen molar-refractivity contribution >= 4 is 54.7 Å². The van der Waals surface area contributed by atoms with Crippen LogP contribution in [0.25, 0.3) is 11.1 Å². The fourth-order valence-corrected chi connectivity index (χ4v) is 6.75. The molecule has 2 aliphatic rings. The van der Waals surface area contributed by atoms with Gasteiger partial charge in [-0.2, -0.15) is 0 Å². The molecule has 4 rings (SSSR count). The van der Waals surface area contributed by atoms with Crippen LogP contribution in [0, 0.1) is 11.8 Å². The number of rotatable bonds is 18. The summed E-state index contributed by atoms with van der Waals surface area (Å²) in [5.74, 6) is -6.60. The Balaban J connectivity index is 0.00000541. The third kappa shape index (κ3) is 13.9. The van der Waals surface area contributed by atoms with Gasteiger partial charge in [0.05, 0.1) is 23.0 Å². The summed E-state index contributed by atoms with van der Waals surface area (Å²) < 4.78 is 70.8. The summed E-state index contributed by atoms with van der Waals surface area (Å²) in [6.07, 6.45) is 6.81. The van der Waals surface area contributed by atoms with E-state index < -0.39 is 66.3 Å². The molecule has 0 aliphatic heterocycles. The van der Waals surface area contributed by atoms with Crippen LogP contribution in [0.4, 0.5) is 0 Å². The molecule has 2 fully saturated rings. The number of hydrogen-bond donors (Lipinski definition) is 0. The maximum Gasteiger partial charge on any atom is 1.00 e. The Morgan fingerprint density at radius 2 is 0.893 bits per heavy atom. The maximum atomic E-state index is 13.2. The van der Waals surface area contributed by atoms with Gasteiger partial charge in [0.1, 0.15) is 34.7 Å². The number of sulfone groups is 2. The van der Waals surface area contributed by atoms with Gasteiger partial charge in [0.15, 0.2) is 19.7 Å². The minimum atomic E-state index is -3.60. The second-order valence-electron chi connectivity index (χ2n) is 14.3. The molecule has 0 N–H and O–H groups in total. The van der Waals surface area contributed by atoms with Crippen molar-refractivity contribution in [1.29, 1.82) is 0 Å². The number of carbonyl (C=O) groups is 4.